The average Bonchev–Trinajstić information content (AvgIpc) is 3.07. The normalized spacial score (nSPS) is 18.9. The van der Waals surface area contributed by atoms with Crippen LogP contribution in [0.1, 0.15) is 16.7 Å². The standard InChI is InChI=1S/C21H23N5O/c1-14-9-10-15(2)18(11-14)23-19-24-21(27)25(3)20-22-13-17(26(19)20)12-16-7-5-4-6-8-16/h4-11,17H,12-13H2,1-3H3,(H,23,24,27). The van der Waals surface area contributed by atoms with Crippen molar-refractivity contribution in [1.82, 2.24) is 9.80 Å². The summed E-state index contributed by atoms with van der Waals surface area (Å²) in [6, 6.07) is 16.4. The summed E-state index contributed by atoms with van der Waals surface area (Å²) in [7, 11) is 1.72. The van der Waals surface area contributed by atoms with Crippen molar-refractivity contribution in [2.45, 2.75) is 26.3 Å². The highest BCUT2D eigenvalue weighted by Gasteiger charge is 2.39. The zero-order valence-electron chi connectivity index (χ0n) is 15.8. The molecular formula is C21H23N5O. The lowest BCUT2D eigenvalue weighted by Gasteiger charge is -2.35. The summed E-state index contributed by atoms with van der Waals surface area (Å²) in [4.78, 5) is 24.8. The van der Waals surface area contributed by atoms with Crippen molar-refractivity contribution in [3.63, 3.8) is 0 Å². The van der Waals surface area contributed by atoms with Gasteiger partial charge < -0.3 is 5.32 Å². The minimum absolute atomic E-state index is 0.120. The molecule has 27 heavy (non-hydrogen) atoms. The number of benzene rings is 2. The van der Waals surface area contributed by atoms with E-state index in [9.17, 15) is 4.79 Å². The van der Waals surface area contributed by atoms with E-state index in [2.05, 4.69) is 50.5 Å². The molecule has 2 aromatic rings. The Kier molecular flexibility index (Phi) is 4.39. The lowest BCUT2D eigenvalue weighted by atomic mass is 10.1. The quantitative estimate of drug-likeness (QED) is 0.911. The molecule has 0 spiro atoms. The fourth-order valence-corrected chi connectivity index (χ4v) is 3.47. The van der Waals surface area contributed by atoms with Gasteiger partial charge in [0.15, 0.2) is 0 Å². The van der Waals surface area contributed by atoms with Crippen LogP contribution in [0.25, 0.3) is 0 Å². The van der Waals surface area contributed by atoms with Crippen molar-refractivity contribution in [3.05, 3.63) is 65.2 Å². The van der Waals surface area contributed by atoms with Crippen LogP contribution in [-0.4, -0.2) is 47.4 Å². The molecule has 2 aliphatic heterocycles. The Balaban J connectivity index is 1.66. The molecule has 6 nitrogen and oxygen atoms in total. The van der Waals surface area contributed by atoms with Crippen LogP contribution in [0.2, 0.25) is 0 Å². The number of urea groups is 1. The first kappa shape index (κ1) is 17.3. The van der Waals surface area contributed by atoms with Crippen molar-refractivity contribution in [3.8, 4) is 0 Å². The smallest absolute Gasteiger partial charge is 0.325 e. The van der Waals surface area contributed by atoms with Crippen LogP contribution in [0.4, 0.5) is 10.5 Å². The molecule has 2 aliphatic rings. The van der Waals surface area contributed by atoms with Gasteiger partial charge in [-0.1, -0.05) is 42.5 Å². The van der Waals surface area contributed by atoms with Crippen LogP contribution in [0, 0.1) is 13.8 Å². The number of aliphatic imine (C=N–C) groups is 2. The number of anilines is 1. The molecule has 2 amide bonds. The van der Waals surface area contributed by atoms with Gasteiger partial charge in [-0.2, -0.15) is 4.99 Å². The molecule has 0 aliphatic carbocycles. The molecule has 1 atom stereocenters. The summed E-state index contributed by atoms with van der Waals surface area (Å²) in [5, 5.41) is 3.38. The first-order valence-electron chi connectivity index (χ1n) is 9.11. The second-order valence-electron chi connectivity index (χ2n) is 7.07. The first-order chi connectivity index (χ1) is 13.0. The largest absolute Gasteiger partial charge is 0.353 e. The highest BCUT2D eigenvalue weighted by atomic mass is 16.2. The van der Waals surface area contributed by atoms with Gasteiger partial charge in [0.05, 0.1) is 12.6 Å². The molecule has 1 N–H and O–H groups in total. The van der Waals surface area contributed by atoms with E-state index in [4.69, 9.17) is 0 Å². The van der Waals surface area contributed by atoms with E-state index in [1.54, 1.807) is 7.05 Å². The molecule has 138 valence electrons. The number of carbonyl (C=O) groups is 1. The number of nitrogens with one attached hydrogen (secondary N) is 1. The summed E-state index contributed by atoms with van der Waals surface area (Å²) in [5.74, 6) is 1.20. The van der Waals surface area contributed by atoms with E-state index < -0.39 is 0 Å². The summed E-state index contributed by atoms with van der Waals surface area (Å²) in [6.45, 7) is 4.72. The Bertz CT molecular complexity index is 935. The third-order valence-electron chi connectivity index (χ3n) is 4.99. The maximum atomic E-state index is 12.3. The first-order valence-corrected chi connectivity index (χ1v) is 9.11. The molecule has 6 heteroatoms. The summed E-state index contributed by atoms with van der Waals surface area (Å²) in [6.07, 6.45) is 0.837. The van der Waals surface area contributed by atoms with E-state index in [-0.39, 0.29) is 12.1 Å². The topological polar surface area (TPSA) is 60.3 Å². The maximum Gasteiger partial charge on any atom is 0.353 e. The van der Waals surface area contributed by atoms with Gasteiger partial charge in [0.25, 0.3) is 0 Å². The fraction of sp³-hybridized carbons (Fsp3) is 0.286. The van der Waals surface area contributed by atoms with Crippen molar-refractivity contribution in [2.75, 3.05) is 18.9 Å². The molecule has 1 unspecified atom stereocenters. The number of amides is 2. The molecule has 0 bridgehead atoms. The third kappa shape index (κ3) is 3.30. The average molecular weight is 361 g/mol. The zero-order chi connectivity index (χ0) is 19.0. The lowest BCUT2D eigenvalue weighted by Crippen LogP contribution is -2.55. The van der Waals surface area contributed by atoms with E-state index in [1.165, 1.54) is 10.5 Å². The number of aryl methyl sites for hydroxylation is 2. The Morgan fingerprint density at radius 2 is 1.93 bits per heavy atom. The molecule has 0 fully saturated rings. The summed E-state index contributed by atoms with van der Waals surface area (Å²) < 4.78 is 0. The number of fused-ring (bicyclic) bond motifs is 1. The highest BCUT2D eigenvalue weighted by molar-refractivity contribution is 6.17. The molecule has 4 rings (SSSR count). The summed E-state index contributed by atoms with van der Waals surface area (Å²) >= 11 is 0. The predicted octanol–water partition coefficient (Wildman–Crippen LogP) is 3.42. The van der Waals surface area contributed by atoms with Crippen LogP contribution >= 0.6 is 0 Å². The number of hydrogen-bond donors (Lipinski definition) is 1. The Hall–Kier alpha value is -3.15. The molecule has 2 aromatic carbocycles. The number of rotatable bonds is 3. The monoisotopic (exact) mass is 361 g/mol. The van der Waals surface area contributed by atoms with Gasteiger partial charge in [0.2, 0.25) is 11.9 Å². The highest BCUT2D eigenvalue weighted by Crippen LogP contribution is 2.24. The van der Waals surface area contributed by atoms with Crippen LogP contribution < -0.4 is 5.32 Å². The zero-order valence-corrected chi connectivity index (χ0v) is 15.8. The molecule has 0 aromatic heterocycles. The molecule has 2 heterocycles. The predicted molar refractivity (Wildman–Crippen MR) is 108 cm³/mol. The number of hydrogen-bond acceptors (Lipinski definition) is 4. The van der Waals surface area contributed by atoms with E-state index in [0.29, 0.717) is 18.5 Å². The van der Waals surface area contributed by atoms with Crippen LogP contribution in [0.5, 0.6) is 0 Å². The number of nitrogens with zero attached hydrogens (tertiary/aromatic N) is 4. The molecular weight excluding hydrogens is 338 g/mol. The van der Waals surface area contributed by atoms with Crippen molar-refractivity contribution in [1.29, 1.82) is 0 Å². The van der Waals surface area contributed by atoms with Crippen LogP contribution in [0.15, 0.2) is 58.5 Å². The van der Waals surface area contributed by atoms with Gasteiger partial charge in [0.1, 0.15) is 0 Å². The summed E-state index contributed by atoms with van der Waals surface area (Å²) in [5.41, 5.74) is 4.45. The van der Waals surface area contributed by atoms with Crippen molar-refractivity contribution < 1.29 is 4.79 Å². The van der Waals surface area contributed by atoms with Crippen molar-refractivity contribution in [2.24, 2.45) is 9.98 Å². The van der Waals surface area contributed by atoms with Crippen LogP contribution in [0.3, 0.4) is 0 Å². The molecule has 0 saturated carbocycles. The second-order valence-corrected chi connectivity index (χ2v) is 7.07. The SMILES string of the molecule is Cc1ccc(C)c(NC2=NC(=O)N(C)C3=NCC(Cc4ccccc4)N23)c1. The Morgan fingerprint density at radius 1 is 1.15 bits per heavy atom. The minimum Gasteiger partial charge on any atom is -0.325 e. The van der Waals surface area contributed by atoms with Gasteiger partial charge in [-0.25, -0.2) is 9.79 Å². The van der Waals surface area contributed by atoms with Gasteiger partial charge in [0, 0.05) is 12.7 Å². The fourth-order valence-electron chi connectivity index (χ4n) is 3.47. The Morgan fingerprint density at radius 3 is 2.70 bits per heavy atom. The molecule has 0 saturated heterocycles. The van der Waals surface area contributed by atoms with Crippen LogP contribution in [-0.2, 0) is 6.42 Å². The molecule has 0 radical (unpaired) electrons. The Labute approximate surface area is 159 Å². The number of guanidine groups is 2. The van der Waals surface area contributed by atoms with Crippen molar-refractivity contribution >= 4 is 23.6 Å². The number of carbonyl (C=O) groups excluding carboxylic acids is 1. The lowest BCUT2D eigenvalue weighted by molar-refractivity contribution is 0.230. The van der Waals surface area contributed by atoms with Gasteiger partial charge in [-0.3, -0.25) is 9.80 Å². The van der Waals surface area contributed by atoms with Gasteiger partial charge >= 0.3 is 6.03 Å². The van der Waals surface area contributed by atoms with E-state index in [1.807, 2.05) is 32.0 Å². The van der Waals surface area contributed by atoms with Gasteiger partial charge in [-0.05, 0) is 43.0 Å². The maximum absolute atomic E-state index is 12.3. The van der Waals surface area contributed by atoms with E-state index >= 15 is 0 Å². The van der Waals surface area contributed by atoms with E-state index in [0.717, 1.165) is 23.2 Å². The second kappa shape index (κ2) is 6.87. The minimum atomic E-state index is -0.307. The van der Waals surface area contributed by atoms with Gasteiger partial charge in [-0.15, -0.1) is 0 Å². The third-order valence-corrected chi connectivity index (χ3v) is 4.99.